The first kappa shape index (κ1) is 15.8. The van der Waals surface area contributed by atoms with Crippen molar-refractivity contribution in [2.75, 3.05) is 0 Å². The van der Waals surface area contributed by atoms with E-state index in [2.05, 4.69) is 0 Å². The molecule has 0 aliphatic heterocycles. The van der Waals surface area contributed by atoms with Gasteiger partial charge < -0.3 is 19.8 Å². The fraction of sp³-hybridized carbons (Fsp3) is 0.500. The van der Waals surface area contributed by atoms with Gasteiger partial charge in [0.1, 0.15) is 0 Å². The Morgan fingerprint density at radius 2 is 1.00 bits per heavy atom. The summed E-state index contributed by atoms with van der Waals surface area (Å²) in [7, 11) is 0. The predicted molar refractivity (Wildman–Crippen MR) is 21.4 cm³/mol. The molecule has 0 atom stereocenters. The average Bonchev–Trinajstić information content (AvgIpc) is 1.25. The Bertz CT molecular complexity index is 70.6. The van der Waals surface area contributed by atoms with Gasteiger partial charge in [0.15, 0.2) is 0 Å². The summed E-state index contributed by atoms with van der Waals surface area (Å²) in [5.74, 6) is -2.17. The summed E-state index contributed by atoms with van der Waals surface area (Å²) < 4.78 is 0. The minimum atomic E-state index is -1.08. The molecule has 0 aromatic carbocycles. The molecule has 52 valence electrons. The summed E-state index contributed by atoms with van der Waals surface area (Å²) in [6.07, 6.45) is 0. The van der Waals surface area contributed by atoms with Gasteiger partial charge in [0.2, 0.25) is 0 Å². The van der Waals surface area contributed by atoms with E-state index in [1.54, 1.807) is 0 Å². The summed E-state index contributed by atoms with van der Waals surface area (Å²) in [6, 6.07) is 0. The normalized spacial score (nSPS) is 5.56. The number of carboxylic acid groups (broad SMARTS) is 2. The van der Waals surface area contributed by atoms with E-state index in [-0.39, 0.29) is 17.1 Å². The van der Waals surface area contributed by atoms with Crippen LogP contribution in [0.5, 0.6) is 0 Å². The minimum Gasteiger partial charge on any atom is -0.550 e. The number of aliphatic carboxylic acids is 2. The molecule has 0 spiro atoms. The van der Waals surface area contributed by atoms with Crippen LogP contribution in [0.2, 0.25) is 0 Å². The van der Waals surface area contributed by atoms with Crippen molar-refractivity contribution in [1.29, 1.82) is 0 Å². The van der Waals surface area contributed by atoms with Gasteiger partial charge in [-0.2, -0.15) is 0 Å². The summed E-state index contributed by atoms with van der Waals surface area (Å²) in [5.41, 5.74) is 0. The van der Waals surface area contributed by atoms with Crippen LogP contribution in [0.1, 0.15) is 13.8 Å². The number of rotatable bonds is 0. The van der Waals surface area contributed by atoms with Crippen molar-refractivity contribution >= 4 is 11.9 Å². The summed E-state index contributed by atoms with van der Waals surface area (Å²) in [5, 5.41) is 17.8. The summed E-state index contributed by atoms with van der Waals surface area (Å²) >= 11 is 0. The summed E-state index contributed by atoms with van der Waals surface area (Å²) in [4.78, 5) is 17.8. The van der Waals surface area contributed by atoms with Crippen molar-refractivity contribution in [3.8, 4) is 0 Å². The first-order valence-electron chi connectivity index (χ1n) is 1.82. The third-order valence-electron chi connectivity index (χ3n) is 0. The Kier molecular flexibility index (Phi) is 18.3. The molecule has 0 heterocycles. The monoisotopic (exact) mass is 173 g/mol. The van der Waals surface area contributed by atoms with Gasteiger partial charge in [-0.15, -0.1) is 0 Å². The molecule has 0 rings (SSSR count). The Morgan fingerprint density at radius 1 is 1.00 bits per heavy atom. The van der Waals surface area contributed by atoms with Crippen LogP contribution in [0, 0.1) is 0 Å². The Hall–Kier alpha value is -0.541. The second-order valence-corrected chi connectivity index (χ2v) is 0.983. The molecule has 0 aliphatic carbocycles. The first-order valence-corrected chi connectivity index (χ1v) is 1.82. The Balaban J connectivity index is -0.0000000720. The van der Waals surface area contributed by atoms with E-state index < -0.39 is 11.9 Å². The quantitative estimate of drug-likeness (QED) is 0.379. The molecule has 0 N–H and O–H groups in total. The number of hydrogen-bond donors (Lipinski definition) is 0. The largest absolute Gasteiger partial charge is 3.00 e. The molecule has 9 heavy (non-hydrogen) atoms. The molecule has 0 fully saturated rings. The van der Waals surface area contributed by atoms with Gasteiger partial charge >= 0.3 is 17.1 Å². The molecule has 0 aromatic rings. The molecule has 0 aromatic heterocycles. The predicted octanol–water partition coefficient (Wildman–Crippen LogP) is -2.49. The van der Waals surface area contributed by atoms with E-state index in [1.165, 1.54) is 0 Å². The van der Waals surface area contributed by atoms with Crippen molar-refractivity contribution < 1.29 is 36.9 Å². The van der Waals surface area contributed by atoms with Crippen LogP contribution in [-0.2, 0) is 26.7 Å². The maximum atomic E-state index is 8.89. The molecular formula is C4H6MnO4+. The van der Waals surface area contributed by atoms with Crippen molar-refractivity contribution in [2.45, 2.75) is 13.8 Å². The van der Waals surface area contributed by atoms with E-state index >= 15 is 0 Å². The minimum absolute atomic E-state index is 0. The van der Waals surface area contributed by atoms with Gasteiger partial charge in [0, 0.05) is 11.9 Å². The molecular weight excluding hydrogens is 167 g/mol. The van der Waals surface area contributed by atoms with Gasteiger partial charge in [-0.25, -0.2) is 0 Å². The fourth-order valence-electron chi connectivity index (χ4n) is 0. The van der Waals surface area contributed by atoms with Gasteiger partial charge in [-0.1, -0.05) is 0 Å². The SMILES string of the molecule is CC(=O)[O-].CC(=O)[O-].[Mn+3]. The Labute approximate surface area is 63.3 Å². The molecule has 0 unspecified atom stereocenters. The molecule has 5 heteroatoms. The smallest absolute Gasteiger partial charge is 0.550 e. The van der Waals surface area contributed by atoms with Crippen molar-refractivity contribution in [2.24, 2.45) is 0 Å². The van der Waals surface area contributed by atoms with Crippen LogP contribution in [0.25, 0.3) is 0 Å². The van der Waals surface area contributed by atoms with E-state index in [4.69, 9.17) is 19.8 Å². The van der Waals surface area contributed by atoms with Crippen LogP contribution < -0.4 is 10.2 Å². The zero-order valence-corrected chi connectivity index (χ0v) is 6.19. The van der Waals surface area contributed by atoms with Crippen LogP contribution >= 0.6 is 0 Å². The second-order valence-electron chi connectivity index (χ2n) is 0.983. The Morgan fingerprint density at radius 3 is 1.00 bits per heavy atom. The molecule has 4 nitrogen and oxygen atoms in total. The zero-order valence-electron chi connectivity index (χ0n) is 5.01. The molecule has 0 aliphatic rings. The van der Waals surface area contributed by atoms with Gasteiger partial charge in [-0.3, -0.25) is 0 Å². The zero-order chi connectivity index (χ0) is 7.15. The van der Waals surface area contributed by atoms with E-state index in [0.717, 1.165) is 13.8 Å². The molecule has 0 saturated heterocycles. The van der Waals surface area contributed by atoms with Crippen molar-refractivity contribution in [1.82, 2.24) is 0 Å². The number of hydrogen-bond acceptors (Lipinski definition) is 4. The third-order valence-corrected chi connectivity index (χ3v) is 0. The first-order chi connectivity index (χ1) is 3.46. The number of carboxylic acids is 2. The van der Waals surface area contributed by atoms with Gasteiger partial charge in [-0.05, 0) is 13.8 Å². The molecule has 0 amide bonds. The van der Waals surface area contributed by atoms with E-state index in [9.17, 15) is 0 Å². The summed E-state index contributed by atoms with van der Waals surface area (Å²) in [6.45, 7) is 1.94. The van der Waals surface area contributed by atoms with Crippen LogP contribution in [0.3, 0.4) is 0 Å². The van der Waals surface area contributed by atoms with Crippen LogP contribution in [0.4, 0.5) is 0 Å². The topological polar surface area (TPSA) is 80.3 Å². The number of carbonyl (C=O) groups excluding carboxylic acids is 2. The fourth-order valence-corrected chi connectivity index (χ4v) is 0. The van der Waals surface area contributed by atoms with E-state index in [0.29, 0.717) is 0 Å². The van der Waals surface area contributed by atoms with Crippen molar-refractivity contribution in [3.05, 3.63) is 0 Å². The third kappa shape index (κ3) is 761. The molecule has 0 radical (unpaired) electrons. The van der Waals surface area contributed by atoms with Crippen molar-refractivity contribution in [3.63, 3.8) is 0 Å². The van der Waals surface area contributed by atoms with Crippen LogP contribution in [-0.4, -0.2) is 11.9 Å². The number of carbonyl (C=O) groups is 2. The van der Waals surface area contributed by atoms with Gasteiger partial charge in [0.25, 0.3) is 0 Å². The average molecular weight is 173 g/mol. The molecule has 0 bridgehead atoms. The maximum Gasteiger partial charge on any atom is 3.00 e. The second kappa shape index (κ2) is 10.4. The van der Waals surface area contributed by atoms with E-state index in [1.807, 2.05) is 0 Å². The standard InChI is InChI=1S/2C2H4O2.Mn/c2*1-2(3)4;/h2*1H3,(H,3,4);/q;;+3/p-2. The van der Waals surface area contributed by atoms with Crippen LogP contribution in [0.15, 0.2) is 0 Å². The van der Waals surface area contributed by atoms with Gasteiger partial charge in [0.05, 0.1) is 0 Å². The molecule has 0 saturated carbocycles. The maximum absolute atomic E-state index is 8.89.